The van der Waals surface area contributed by atoms with Crippen molar-refractivity contribution >= 4 is 21.8 Å². The fourth-order valence-corrected chi connectivity index (χ4v) is 2.42. The molecule has 2 N–H and O–H groups in total. The van der Waals surface area contributed by atoms with Crippen LogP contribution in [-0.4, -0.2) is 23.7 Å². The normalized spacial score (nSPS) is 12.2. The van der Waals surface area contributed by atoms with Crippen molar-refractivity contribution in [3.63, 3.8) is 0 Å². The highest BCUT2D eigenvalue weighted by molar-refractivity contribution is 9.10. The van der Waals surface area contributed by atoms with Crippen LogP contribution in [0.4, 0.5) is 0 Å². The average Bonchev–Trinajstić information content (AvgIpc) is 2.76. The quantitative estimate of drug-likeness (QED) is 0.881. The molecule has 0 aliphatic rings. The van der Waals surface area contributed by atoms with E-state index in [1.54, 1.807) is 13.0 Å². The van der Waals surface area contributed by atoms with Crippen LogP contribution >= 0.6 is 15.9 Å². The van der Waals surface area contributed by atoms with Crippen molar-refractivity contribution in [2.75, 3.05) is 6.54 Å². The van der Waals surface area contributed by atoms with E-state index in [1.807, 2.05) is 30.3 Å². The number of amides is 1. The van der Waals surface area contributed by atoms with Gasteiger partial charge in [-0.3, -0.25) is 4.79 Å². The van der Waals surface area contributed by atoms with Gasteiger partial charge in [0.15, 0.2) is 10.4 Å². The molecule has 0 aliphatic heterocycles. The summed E-state index contributed by atoms with van der Waals surface area (Å²) >= 11 is 3.18. The number of rotatable bonds is 5. The van der Waals surface area contributed by atoms with Gasteiger partial charge in [-0.15, -0.1) is 0 Å². The van der Waals surface area contributed by atoms with E-state index in [-0.39, 0.29) is 18.2 Å². The molecule has 1 amide bonds. The monoisotopic (exact) mass is 337 g/mol. The largest absolute Gasteiger partial charge is 0.444 e. The highest BCUT2D eigenvalue weighted by atomic mass is 79.9. The number of aliphatic hydroxyl groups is 1. The Kier molecular flexibility index (Phi) is 4.98. The number of aliphatic hydroxyl groups excluding tert-OH is 1. The molecule has 0 aliphatic carbocycles. The lowest BCUT2D eigenvalue weighted by Crippen LogP contribution is -2.33. The minimum Gasteiger partial charge on any atom is -0.444 e. The average molecular weight is 338 g/mol. The van der Waals surface area contributed by atoms with Crippen molar-refractivity contribution in [1.29, 1.82) is 0 Å². The number of carbonyl (C=O) groups excluding carboxylic acids is 1. The molecule has 106 valence electrons. The van der Waals surface area contributed by atoms with Crippen LogP contribution in [0.15, 0.2) is 45.5 Å². The minimum absolute atomic E-state index is 0.186. The van der Waals surface area contributed by atoms with E-state index in [9.17, 15) is 9.90 Å². The predicted octanol–water partition coefficient (Wildman–Crippen LogP) is 2.68. The smallest absolute Gasteiger partial charge is 0.287 e. The predicted molar refractivity (Wildman–Crippen MR) is 79.6 cm³/mol. The van der Waals surface area contributed by atoms with E-state index in [0.29, 0.717) is 11.1 Å². The van der Waals surface area contributed by atoms with Gasteiger partial charge in [0, 0.05) is 18.5 Å². The van der Waals surface area contributed by atoms with Crippen molar-refractivity contribution < 1.29 is 14.3 Å². The van der Waals surface area contributed by atoms with Gasteiger partial charge in [-0.25, -0.2) is 0 Å². The summed E-state index contributed by atoms with van der Waals surface area (Å²) < 4.78 is 5.77. The number of benzene rings is 1. The number of aryl methyl sites for hydroxylation is 1. The van der Waals surface area contributed by atoms with Crippen molar-refractivity contribution in [1.82, 2.24) is 5.32 Å². The summed E-state index contributed by atoms with van der Waals surface area (Å²) in [6.07, 6.45) is -0.123. The number of carbonyl (C=O) groups is 1. The molecule has 1 aromatic carbocycles. The zero-order chi connectivity index (χ0) is 14.5. The molecule has 0 spiro atoms. The van der Waals surface area contributed by atoms with Crippen LogP contribution in [0.3, 0.4) is 0 Å². The third-order valence-electron chi connectivity index (χ3n) is 2.91. The maximum Gasteiger partial charge on any atom is 0.287 e. The molecular formula is C15H16BrNO3. The minimum atomic E-state index is -0.625. The summed E-state index contributed by atoms with van der Waals surface area (Å²) in [5, 5.41) is 12.6. The summed E-state index contributed by atoms with van der Waals surface area (Å²) in [7, 11) is 0. The SMILES string of the molecule is Cc1cc(Br)oc1C(=O)NCC(O)Cc1ccccc1. The lowest BCUT2D eigenvalue weighted by atomic mass is 10.1. The molecule has 4 nitrogen and oxygen atoms in total. The highest BCUT2D eigenvalue weighted by Crippen LogP contribution is 2.19. The van der Waals surface area contributed by atoms with Gasteiger partial charge < -0.3 is 14.8 Å². The third-order valence-corrected chi connectivity index (χ3v) is 3.30. The van der Waals surface area contributed by atoms with Crippen LogP contribution in [0, 0.1) is 6.92 Å². The topological polar surface area (TPSA) is 62.5 Å². The zero-order valence-corrected chi connectivity index (χ0v) is 12.7. The second-order valence-electron chi connectivity index (χ2n) is 4.62. The van der Waals surface area contributed by atoms with Gasteiger partial charge in [0.25, 0.3) is 5.91 Å². The third kappa shape index (κ3) is 3.95. The number of hydrogen-bond donors (Lipinski definition) is 2. The maximum atomic E-state index is 11.9. The van der Waals surface area contributed by atoms with E-state index in [1.165, 1.54) is 0 Å². The highest BCUT2D eigenvalue weighted by Gasteiger charge is 2.16. The molecule has 5 heteroatoms. The van der Waals surface area contributed by atoms with Crippen LogP contribution in [0.5, 0.6) is 0 Å². The molecule has 2 aromatic rings. The van der Waals surface area contributed by atoms with Gasteiger partial charge >= 0.3 is 0 Å². The summed E-state index contributed by atoms with van der Waals surface area (Å²) in [5.41, 5.74) is 1.79. The fraction of sp³-hybridized carbons (Fsp3) is 0.267. The Balaban J connectivity index is 1.86. The Morgan fingerprint density at radius 1 is 1.40 bits per heavy atom. The van der Waals surface area contributed by atoms with Gasteiger partial charge in [0.1, 0.15) is 0 Å². The molecule has 20 heavy (non-hydrogen) atoms. The molecule has 1 unspecified atom stereocenters. The number of hydrogen-bond acceptors (Lipinski definition) is 3. The van der Waals surface area contributed by atoms with E-state index >= 15 is 0 Å². The van der Waals surface area contributed by atoms with Crippen molar-refractivity contribution in [2.24, 2.45) is 0 Å². The summed E-state index contributed by atoms with van der Waals surface area (Å²) in [4.78, 5) is 11.9. The first-order valence-electron chi connectivity index (χ1n) is 6.32. The summed E-state index contributed by atoms with van der Waals surface area (Å²) in [5.74, 6) is -0.0518. The second kappa shape index (κ2) is 6.72. The van der Waals surface area contributed by atoms with Gasteiger partial charge in [-0.05, 0) is 34.5 Å². The van der Waals surface area contributed by atoms with Gasteiger partial charge in [-0.1, -0.05) is 30.3 Å². The van der Waals surface area contributed by atoms with Gasteiger partial charge in [0.2, 0.25) is 0 Å². The van der Waals surface area contributed by atoms with E-state index in [2.05, 4.69) is 21.2 Å². The van der Waals surface area contributed by atoms with E-state index in [0.717, 1.165) is 11.1 Å². The van der Waals surface area contributed by atoms with Gasteiger partial charge in [-0.2, -0.15) is 0 Å². The molecule has 0 radical (unpaired) electrons. The Morgan fingerprint density at radius 3 is 2.70 bits per heavy atom. The maximum absolute atomic E-state index is 11.9. The number of nitrogens with one attached hydrogen (secondary N) is 1. The fourth-order valence-electron chi connectivity index (χ4n) is 1.92. The standard InChI is InChI=1S/C15H16BrNO3/c1-10-7-13(16)20-14(10)15(19)17-9-12(18)8-11-5-3-2-4-6-11/h2-7,12,18H,8-9H2,1H3,(H,17,19). The lowest BCUT2D eigenvalue weighted by Gasteiger charge is -2.11. The lowest BCUT2D eigenvalue weighted by molar-refractivity contribution is 0.0886. The second-order valence-corrected chi connectivity index (χ2v) is 5.40. The molecule has 1 aromatic heterocycles. The molecular weight excluding hydrogens is 322 g/mol. The van der Waals surface area contributed by atoms with Crippen LogP contribution < -0.4 is 5.32 Å². The van der Waals surface area contributed by atoms with Crippen molar-refractivity contribution in [3.05, 3.63) is 58.0 Å². The molecule has 0 saturated carbocycles. The Hall–Kier alpha value is -1.59. The number of furan rings is 1. The first-order valence-corrected chi connectivity index (χ1v) is 7.11. The first kappa shape index (κ1) is 14.8. The van der Waals surface area contributed by atoms with E-state index < -0.39 is 6.10 Å². The van der Waals surface area contributed by atoms with Crippen molar-refractivity contribution in [3.8, 4) is 0 Å². The molecule has 2 rings (SSSR count). The van der Waals surface area contributed by atoms with Gasteiger partial charge in [0.05, 0.1) is 6.10 Å². The molecule has 0 bridgehead atoms. The Bertz CT molecular complexity index is 580. The van der Waals surface area contributed by atoms with Crippen LogP contribution in [0.1, 0.15) is 21.7 Å². The van der Waals surface area contributed by atoms with Crippen LogP contribution in [0.25, 0.3) is 0 Å². The summed E-state index contributed by atoms with van der Waals surface area (Å²) in [6.45, 7) is 1.98. The summed E-state index contributed by atoms with van der Waals surface area (Å²) in [6, 6.07) is 11.4. The Morgan fingerprint density at radius 2 is 2.10 bits per heavy atom. The molecule has 0 fully saturated rings. The first-order chi connectivity index (χ1) is 9.56. The number of halogens is 1. The van der Waals surface area contributed by atoms with Crippen LogP contribution in [0.2, 0.25) is 0 Å². The molecule has 1 atom stereocenters. The van der Waals surface area contributed by atoms with Crippen LogP contribution in [-0.2, 0) is 6.42 Å². The van der Waals surface area contributed by atoms with E-state index in [4.69, 9.17) is 4.42 Å². The van der Waals surface area contributed by atoms with Crippen molar-refractivity contribution in [2.45, 2.75) is 19.4 Å². The molecule has 0 saturated heterocycles. The Labute approximate surface area is 125 Å². The zero-order valence-electron chi connectivity index (χ0n) is 11.1. The molecule has 1 heterocycles.